The molecule has 6 heterocycles. The Kier molecular flexibility index (Phi) is 11.3. The van der Waals surface area contributed by atoms with E-state index in [2.05, 4.69) is 51.7 Å². The van der Waals surface area contributed by atoms with E-state index >= 15 is 9.18 Å². The normalized spacial score (nSPS) is 21.9. The number of anilines is 3. The molecule has 9 rings (SSSR count). The number of piperidine rings is 3. The van der Waals surface area contributed by atoms with Crippen LogP contribution in [-0.2, 0) is 14.9 Å². The predicted molar refractivity (Wildman–Crippen MR) is 235 cm³/mol. The van der Waals surface area contributed by atoms with Crippen molar-refractivity contribution in [1.29, 1.82) is 0 Å². The zero-order valence-electron chi connectivity index (χ0n) is 36.2. The van der Waals surface area contributed by atoms with E-state index in [1.54, 1.807) is 24.2 Å². The van der Waals surface area contributed by atoms with Gasteiger partial charge in [0, 0.05) is 54.1 Å². The first kappa shape index (κ1) is 41.3. The highest BCUT2D eigenvalue weighted by molar-refractivity contribution is 6.09. The van der Waals surface area contributed by atoms with Gasteiger partial charge in [0.1, 0.15) is 17.4 Å². The molecular weight excluding hydrogens is 774 g/mol. The predicted octanol–water partition coefficient (Wildman–Crippen LogP) is 7.59. The number of carbonyl (C=O) groups is 3. The second-order valence-corrected chi connectivity index (χ2v) is 18.6. The molecule has 4 aliphatic heterocycles. The molecule has 4 fully saturated rings. The first-order valence-corrected chi connectivity index (χ1v) is 22.5. The molecule has 0 unspecified atom stereocenters. The van der Waals surface area contributed by atoms with Crippen molar-refractivity contribution < 1.29 is 23.5 Å². The molecule has 3 saturated heterocycles. The van der Waals surface area contributed by atoms with Gasteiger partial charge in [0.15, 0.2) is 5.82 Å². The molecule has 61 heavy (non-hydrogen) atoms. The highest BCUT2D eigenvalue weighted by atomic mass is 19.1. The molecule has 3 amide bonds. The number of benzene rings is 2. The van der Waals surface area contributed by atoms with Crippen molar-refractivity contribution in [2.75, 3.05) is 49.5 Å². The van der Waals surface area contributed by atoms with Gasteiger partial charge < -0.3 is 40.0 Å². The minimum absolute atomic E-state index is 0.0401. The zero-order valence-corrected chi connectivity index (χ0v) is 36.2. The molecule has 1 saturated carbocycles. The van der Waals surface area contributed by atoms with Crippen molar-refractivity contribution in [2.45, 2.75) is 128 Å². The molecule has 1 spiro atoms. The van der Waals surface area contributed by atoms with Crippen LogP contribution in [-0.4, -0.2) is 106 Å². The van der Waals surface area contributed by atoms with Crippen molar-refractivity contribution in [3.05, 3.63) is 65.2 Å². The van der Waals surface area contributed by atoms with Gasteiger partial charge in [-0.3, -0.25) is 9.59 Å². The monoisotopic (exact) mass is 833 g/mol. The Morgan fingerprint density at radius 1 is 0.951 bits per heavy atom. The Morgan fingerprint density at radius 2 is 1.69 bits per heavy atom. The van der Waals surface area contributed by atoms with Crippen molar-refractivity contribution in [1.82, 2.24) is 35.0 Å². The minimum Gasteiger partial charge on any atom is -0.446 e. The fourth-order valence-corrected chi connectivity index (χ4v) is 10.3. The number of nitrogens with one attached hydrogen (secondary N) is 3. The van der Waals surface area contributed by atoms with Gasteiger partial charge in [0.2, 0.25) is 5.91 Å². The van der Waals surface area contributed by atoms with Crippen LogP contribution >= 0.6 is 0 Å². The number of fused-ring (bicyclic) bond motifs is 3. The summed E-state index contributed by atoms with van der Waals surface area (Å²) in [6, 6.07) is 11.6. The second kappa shape index (κ2) is 16.7. The van der Waals surface area contributed by atoms with Crippen LogP contribution in [0.5, 0.6) is 0 Å². The summed E-state index contributed by atoms with van der Waals surface area (Å²) in [5, 5.41) is 9.51. The number of hydrogen-bond donors (Lipinski definition) is 3. The van der Waals surface area contributed by atoms with Gasteiger partial charge in [0.25, 0.3) is 5.91 Å². The summed E-state index contributed by atoms with van der Waals surface area (Å²) in [6.45, 7) is 14.4. The van der Waals surface area contributed by atoms with E-state index in [9.17, 15) is 9.59 Å². The summed E-state index contributed by atoms with van der Waals surface area (Å²) in [7, 11) is 0. The van der Waals surface area contributed by atoms with Crippen LogP contribution in [0.15, 0.2) is 42.7 Å². The maximum atomic E-state index is 15.8. The number of halogens is 1. The Labute approximate surface area is 357 Å². The number of aryl methyl sites for hydroxylation is 1. The first-order valence-electron chi connectivity index (χ1n) is 22.5. The third-order valence-electron chi connectivity index (χ3n) is 13.8. The average molecular weight is 834 g/mol. The topological polar surface area (TPSA) is 137 Å². The van der Waals surface area contributed by atoms with E-state index in [0.29, 0.717) is 65.6 Å². The van der Waals surface area contributed by atoms with Gasteiger partial charge in [-0.2, -0.15) is 0 Å². The van der Waals surface area contributed by atoms with Crippen molar-refractivity contribution in [2.24, 2.45) is 0 Å². The number of likely N-dealkylation sites (tertiary alicyclic amines) is 2. The lowest BCUT2D eigenvalue weighted by molar-refractivity contribution is -0.126. The van der Waals surface area contributed by atoms with Gasteiger partial charge in [-0.1, -0.05) is 18.6 Å². The quantitative estimate of drug-likeness (QED) is 0.156. The molecular formula is C47H60FN9O4. The highest BCUT2D eigenvalue weighted by Gasteiger charge is 2.56. The van der Waals surface area contributed by atoms with Crippen molar-refractivity contribution >= 4 is 46.1 Å². The number of imidazole rings is 1. The maximum Gasteiger partial charge on any atom is 0.410 e. The number of ether oxygens (including phenoxy) is 1. The standard InChI is InChI=1S/C47H60FN9O4/c1-28(2)51-44(58)35-25-39(37(48)21-30(35)5)53-43-42-40(50-27-56(42)29(3)4)26-38(52-43)31-9-10-36-41(22-31)57(33-23-32(24-33)54-17-7-6-8-18-54)45(59)47(36)13-19-55(20-14-47)46(60)61-34-11-15-49-16-12-34/h9-10,21-22,25-29,32-34,49H,6-8,11-20,23-24H2,1-5H3,(H,51,58)(H,52,53). The SMILES string of the molecule is Cc1cc(F)c(Nc2nc(-c3ccc4c(c3)N(C3CC(N5CCCCC5)C3)C(=O)C43CCN(C(=O)OC4CCNCC4)CC3)cc3ncn(C(C)C)c23)cc1C(=O)NC(C)C. The smallest absolute Gasteiger partial charge is 0.410 e. The van der Waals surface area contributed by atoms with Gasteiger partial charge in [-0.25, -0.2) is 19.2 Å². The molecule has 3 N–H and O–H groups in total. The fraction of sp³-hybridized carbons (Fsp3) is 0.553. The summed E-state index contributed by atoms with van der Waals surface area (Å²) in [4.78, 5) is 58.0. The van der Waals surface area contributed by atoms with E-state index in [0.717, 1.165) is 68.7 Å². The first-order chi connectivity index (χ1) is 29.4. The summed E-state index contributed by atoms with van der Waals surface area (Å²) < 4.78 is 23.7. The zero-order chi connectivity index (χ0) is 42.6. The molecule has 2 aromatic carbocycles. The van der Waals surface area contributed by atoms with Crippen LogP contribution in [0.4, 0.5) is 26.4 Å². The Hall–Kier alpha value is -5.08. The Morgan fingerprint density at radius 3 is 2.39 bits per heavy atom. The molecule has 2 aromatic heterocycles. The summed E-state index contributed by atoms with van der Waals surface area (Å²) in [5.41, 5.74) is 5.06. The second-order valence-electron chi connectivity index (χ2n) is 18.6. The lowest BCUT2D eigenvalue weighted by Crippen LogP contribution is -2.58. The molecule has 14 heteroatoms. The molecule has 13 nitrogen and oxygen atoms in total. The Balaban J connectivity index is 1.06. The largest absolute Gasteiger partial charge is 0.446 e. The van der Waals surface area contributed by atoms with Crippen LogP contribution < -0.4 is 20.9 Å². The van der Waals surface area contributed by atoms with E-state index < -0.39 is 11.2 Å². The maximum absolute atomic E-state index is 15.8. The Bertz CT molecular complexity index is 2320. The number of pyridine rings is 1. The summed E-state index contributed by atoms with van der Waals surface area (Å²) in [5.74, 6) is -0.239. The van der Waals surface area contributed by atoms with Gasteiger partial charge in [-0.15, -0.1) is 0 Å². The summed E-state index contributed by atoms with van der Waals surface area (Å²) in [6.07, 6.45) is 9.70. The third kappa shape index (κ3) is 7.75. The highest BCUT2D eigenvalue weighted by Crippen LogP contribution is 2.52. The minimum atomic E-state index is -0.738. The van der Waals surface area contributed by atoms with Crippen molar-refractivity contribution in [3.8, 4) is 11.3 Å². The number of aromatic nitrogens is 3. The van der Waals surface area contributed by atoms with Crippen LogP contribution in [0, 0.1) is 12.7 Å². The lowest BCUT2D eigenvalue weighted by Gasteiger charge is -2.48. The van der Waals surface area contributed by atoms with E-state index in [-0.39, 0.29) is 47.8 Å². The molecule has 1 aliphatic carbocycles. The number of rotatable bonds is 9. The molecule has 0 radical (unpaired) electrons. The molecule has 0 bridgehead atoms. The van der Waals surface area contributed by atoms with Crippen LogP contribution in [0.1, 0.15) is 113 Å². The van der Waals surface area contributed by atoms with E-state index in [1.807, 2.05) is 30.5 Å². The van der Waals surface area contributed by atoms with Gasteiger partial charge >= 0.3 is 6.09 Å². The number of carbonyl (C=O) groups excluding carboxylic acids is 3. The van der Waals surface area contributed by atoms with E-state index in [1.165, 1.54) is 25.3 Å². The summed E-state index contributed by atoms with van der Waals surface area (Å²) >= 11 is 0. The van der Waals surface area contributed by atoms with Crippen LogP contribution in [0.2, 0.25) is 0 Å². The van der Waals surface area contributed by atoms with E-state index in [4.69, 9.17) is 14.7 Å². The number of amides is 3. The molecule has 5 aliphatic rings. The van der Waals surface area contributed by atoms with Gasteiger partial charge in [0.05, 0.1) is 28.6 Å². The average Bonchev–Trinajstić information content (AvgIpc) is 3.76. The fourth-order valence-electron chi connectivity index (χ4n) is 10.3. The van der Waals surface area contributed by atoms with Gasteiger partial charge in [-0.05, 0) is 148 Å². The molecule has 324 valence electrons. The number of nitrogens with zero attached hydrogens (tertiary/aromatic N) is 6. The molecule has 4 aromatic rings. The lowest BCUT2D eigenvalue weighted by atomic mass is 9.73. The van der Waals surface area contributed by atoms with Crippen LogP contribution in [0.3, 0.4) is 0 Å². The number of hydrogen-bond acceptors (Lipinski definition) is 9. The van der Waals surface area contributed by atoms with Crippen LogP contribution in [0.25, 0.3) is 22.3 Å². The molecule has 0 atom stereocenters. The third-order valence-corrected chi connectivity index (χ3v) is 13.8. The van der Waals surface area contributed by atoms with Crippen molar-refractivity contribution in [3.63, 3.8) is 0 Å².